The predicted octanol–water partition coefficient (Wildman–Crippen LogP) is 6.48. The fourth-order valence-electron chi connectivity index (χ4n) is 4.29. The largest absolute Gasteiger partial charge is 0.489 e. The third kappa shape index (κ3) is 6.72. The van der Waals surface area contributed by atoms with E-state index in [-0.39, 0.29) is 12.4 Å². The molecule has 0 saturated carbocycles. The molecule has 0 atom stereocenters. The molecule has 41 heavy (non-hydrogen) atoms. The summed E-state index contributed by atoms with van der Waals surface area (Å²) in [5, 5.41) is 13.2. The van der Waals surface area contributed by atoms with E-state index < -0.39 is 5.91 Å². The summed E-state index contributed by atoms with van der Waals surface area (Å²) >= 11 is 0. The van der Waals surface area contributed by atoms with Gasteiger partial charge in [0, 0.05) is 22.6 Å². The number of ether oxygens (including phenoxy) is 2. The molecule has 204 valence electrons. The number of hydrogen-bond acceptors (Lipinski definition) is 6. The molecule has 0 unspecified atom stereocenters. The monoisotopic (exact) mass is 544 g/mol. The quantitative estimate of drug-likeness (QED) is 0.160. The van der Waals surface area contributed by atoms with Gasteiger partial charge in [0.25, 0.3) is 0 Å². The maximum atomic E-state index is 12.4. The van der Waals surface area contributed by atoms with E-state index in [9.17, 15) is 10.1 Å². The molecule has 0 saturated heterocycles. The van der Waals surface area contributed by atoms with Gasteiger partial charge in [-0.25, -0.2) is 5.43 Å². The zero-order chi connectivity index (χ0) is 28.6. The Labute approximate surface area is 238 Å². The summed E-state index contributed by atoms with van der Waals surface area (Å²) in [6.07, 6.45) is 1.53. The molecule has 1 amide bonds. The molecule has 5 rings (SSSR count). The van der Waals surface area contributed by atoms with Crippen molar-refractivity contribution in [2.45, 2.75) is 27.1 Å². The molecular formula is C33H28N4O4. The minimum atomic E-state index is -0.467. The lowest BCUT2D eigenvalue weighted by Crippen LogP contribution is -2.16. The van der Waals surface area contributed by atoms with Gasteiger partial charge in [0.2, 0.25) is 0 Å². The van der Waals surface area contributed by atoms with Crippen LogP contribution >= 0.6 is 0 Å². The van der Waals surface area contributed by atoms with Crippen LogP contribution < -0.4 is 14.9 Å². The second-order valence-electron chi connectivity index (χ2n) is 9.33. The van der Waals surface area contributed by atoms with Crippen molar-refractivity contribution in [1.82, 2.24) is 9.99 Å². The number of hydrazone groups is 1. The highest BCUT2D eigenvalue weighted by Gasteiger charge is 2.11. The fraction of sp³-hybridized carbons (Fsp3) is 0.121. The number of aromatic nitrogens is 1. The Morgan fingerprint density at radius 2 is 1.54 bits per heavy atom. The highest BCUT2D eigenvalue weighted by molar-refractivity contribution is 5.92. The number of carbonyl (C=O) groups is 1. The number of nitriles is 1. The van der Waals surface area contributed by atoms with Gasteiger partial charge in [-0.2, -0.15) is 10.4 Å². The molecule has 2 aromatic heterocycles. The first-order chi connectivity index (χ1) is 20.0. The smallest absolute Gasteiger partial charge is 0.307 e. The molecule has 1 N–H and O–H groups in total. The van der Waals surface area contributed by atoms with Crippen LogP contribution in [0.15, 0.2) is 107 Å². The number of aryl methyl sites for hydroxylation is 2. The van der Waals surface area contributed by atoms with Gasteiger partial charge in [-0.05, 0) is 98.3 Å². The van der Waals surface area contributed by atoms with E-state index in [1.54, 1.807) is 30.3 Å². The first-order valence-electron chi connectivity index (χ1n) is 13.0. The second kappa shape index (κ2) is 12.5. The van der Waals surface area contributed by atoms with E-state index in [1.165, 1.54) is 17.6 Å². The van der Waals surface area contributed by atoms with Crippen molar-refractivity contribution >= 4 is 12.1 Å². The molecule has 0 bridgehead atoms. The number of benzene rings is 3. The molecule has 0 aliphatic rings. The SMILES string of the molecule is Cc1ccc(C)n1-c1ccc(OCc2ccc(C(=O)N/N=C/c3ccc(OCc4ccccc4C#N)cc3)o2)cc1. The average molecular weight is 545 g/mol. The van der Waals surface area contributed by atoms with E-state index in [4.69, 9.17) is 13.9 Å². The maximum absolute atomic E-state index is 12.4. The van der Waals surface area contributed by atoms with Gasteiger partial charge in [0.15, 0.2) is 5.76 Å². The number of amides is 1. The van der Waals surface area contributed by atoms with Gasteiger partial charge in [0.05, 0.1) is 17.8 Å². The normalized spacial score (nSPS) is 10.9. The number of nitrogens with zero attached hydrogens (tertiary/aromatic N) is 3. The molecule has 8 heteroatoms. The van der Waals surface area contributed by atoms with E-state index in [0.29, 0.717) is 29.4 Å². The van der Waals surface area contributed by atoms with Crippen molar-refractivity contribution in [1.29, 1.82) is 5.26 Å². The summed E-state index contributed by atoms with van der Waals surface area (Å²) < 4.78 is 19.4. The second-order valence-corrected chi connectivity index (χ2v) is 9.33. The van der Waals surface area contributed by atoms with Crippen LogP contribution in [0.5, 0.6) is 11.5 Å². The van der Waals surface area contributed by atoms with E-state index >= 15 is 0 Å². The Morgan fingerprint density at radius 1 is 0.878 bits per heavy atom. The van der Waals surface area contributed by atoms with Crippen molar-refractivity contribution in [3.63, 3.8) is 0 Å². The summed E-state index contributed by atoms with van der Waals surface area (Å²) in [5.41, 5.74) is 8.06. The highest BCUT2D eigenvalue weighted by atomic mass is 16.5. The lowest BCUT2D eigenvalue weighted by atomic mass is 10.1. The summed E-state index contributed by atoms with van der Waals surface area (Å²) in [6, 6.07) is 32.0. The number of carbonyl (C=O) groups excluding carboxylic acids is 1. The number of nitrogens with one attached hydrogen (secondary N) is 1. The topological polar surface area (TPSA) is 102 Å². The Morgan fingerprint density at radius 3 is 2.24 bits per heavy atom. The summed E-state index contributed by atoms with van der Waals surface area (Å²) in [4.78, 5) is 12.4. The highest BCUT2D eigenvalue weighted by Crippen LogP contribution is 2.21. The average Bonchev–Trinajstić information content (AvgIpc) is 3.62. The van der Waals surface area contributed by atoms with Crippen LogP contribution in [0.25, 0.3) is 5.69 Å². The van der Waals surface area contributed by atoms with Crippen LogP contribution in [-0.4, -0.2) is 16.7 Å². The lowest BCUT2D eigenvalue weighted by molar-refractivity contribution is 0.0923. The third-order valence-corrected chi connectivity index (χ3v) is 6.42. The Bertz CT molecular complexity index is 1690. The summed E-state index contributed by atoms with van der Waals surface area (Å²) in [5.74, 6) is 1.55. The van der Waals surface area contributed by atoms with Crippen LogP contribution in [0.1, 0.15) is 44.4 Å². The Kier molecular flexibility index (Phi) is 8.27. The van der Waals surface area contributed by atoms with E-state index in [2.05, 4.69) is 47.1 Å². The van der Waals surface area contributed by atoms with Crippen LogP contribution in [0.2, 0.25) is 0 Å². The molecule has 0 radical (unpaired) electrons. The Balaban J connectivity index is 1.09. The van der Waals surface area contributed by atoms with Gasteiger partial charge in [-0.15, -0.1) is 0 Å². The number of furan rings is 1. The molecule has 8 nitrogen and oxygen atoms in total. The number of hydrogen-bond donors (Lipinski definition) is 1. The predicted molar refractivity (Wildman–Crippen MR) is 155 cm³/mol. The van der Waals surface area contributed by atoms with Crippen LogP contribution in [-0.2, 0) is 13.2 Å². The maximum Gasteiger partial charge on any atom is 0.307 e. The van der Waals surface area contributed by atoms with Gasteiger partial charge < -0.3 is 18.5 Å². The van der Waals surface area contributed by atoms with Gasteiger partial charge in [-0.1, -0.05) is 18.2 Å². The van der Waals surface area contributed by atoms with Crippen LogP contribution in [0, 0.1) is 25.2 Å². The molecule has 0 aliphatic carbocycles. The van der Waals surface area contributed by atoms with E-state index in [1.807, 2.05) is 54.6 Å². The zero-order valence-corrected chi connectivity index (χ0v) is 22.7. The minimum Gasteiger partial charge on any atom is -0.489 e. The van der Waals surface area contributed by atoms with Gasteiger partial charge in [0.1, 0.15) is 30.5 Å². The molecule has 2 heterocycles. The number of rotatable bonds is 10. The molecule has 0 aliphatic heterocycles. The molecule has 0 spiro atoms. The van der Waals surface area contributed by atoms with Crippen molar-refractivity contribution < 1.29 is 18.7 Å². The van der Waals surface area contributed by atoms with Crippen molar-refractivity contribution in [3.05, 3.63) is 137 Å². The third-order valence-electron chi connectivity index (χ3n) is 6.42. The van der Waals surface area contributed by atoms with Crippen LogP contribution in [0.4, 0.5) is 0 Å². The summed E-state index contributed by atoms with van der Waals surface area (Å²) in [6.45, 7) is 4.63. The van der Waals surface area contributed by atoms with Crippen LogP contribution in [0.3, 0.4) is 0 Å². The zero-order valence-electron chi connectivity index (χ0n) is 22.7. The molecule has 0 fully saturated rings. The molecule has 5 aromatic rings. The standard InChI is InChI=1S/C33H28N4O4/c1-23-7-8-24(2)37(23)28-11-15-30(16-12-28)40-22-31-17-18-32(41-31)33(38)36-35-20-25-9-13-29(14-10-25)39-21-27-6-4-3-5-26(27)19-34/h3-18,20H,21-22H2,1-2H3,(H,36,38)/b35-20+. The first-order valence-corrected chi connectivity index (χ1v) is 13.0. The van der Waals surface area contributed by atoms with E-state index in [0.717, 1.165) is 16.8 Å². The van der Waals surface area contributed by atoms with Crippen molar-refractivity contribution in [2.24, 2.45) is 5.10 Å². The minimum absolute atomic E-state index is 0.135. The lowest BCUT2D eigenvalue weighted by Gasteiger charge is -2.10. The Hall–Kier alpha value is -5.55. The first kappa shape index (κ1) is 27.0. The molecule has 3 aromatic carbocycles. The fourth-order valence-corrected chi connectivity index (χ4v) is 4.29. The van der Waals surface area contributed by atoms with Crippen molar-refractivity contribution in [2.75, 3.05) is 0 Å². The van der Waals surface area contributed by atoms with Crippen molar-refractivity contribution in [3.8, 4) is 23.3 Å². The van der Waals surface area contributed by atoms with Gasteiger partial charge in [-0.3, -0.25) is 4.79 Å². The molecular weight excluding hydrogens is 516 g/mol. The summed E-state index contributed by atoms with van der Waals surface area (Å²) in [7, 11) is 0. The van der Waals surface area contributed by atoms with Gasteiger partial charge >= 0.3 is 5.91 Å².